The van der Waals surface area contributed by atoms with Crippen LogP contribution in [-0.4, -0.2) is 52.0 Å². The minimum absolute atomic E-state index is 0.00880. The van der Waals surface area contributed by atoms with Gasteiger partial charge < -0.3 is 27.0 Å². The molecule has 0 aromatic carbocycles. The van der Waals surface area contributed by atoms with E-state index in [1.165, 1.54) is 64.2 Å². The van der Waals surface area contributed by atoms with Gasteiger partial charge >= 0.3 is 11.9 Å². The maximum atomic E-state index is 12.2. The highest BCUT2D eigenvalue weighted by Gasteiger charge is 2.22. The van der Waals surface area contributed by atoms with E-state index in [1.54, 1.807) is 0 Å². The molecule has 0 aliphatic rings. The van der Waals surface area contributed by atoms with Crippen LogP contribution >= 0.6 is 0 Å². The van der Waals surface area contributed by atoms with Crippen LogP contribution in [0, 0.1) is 0 Å². The van der Waals surface area contributed by atoms with Crippen molar-refractivity contribution in [2.75, 3.05) is 0 Å². The number of aliphatic carboxylic acids is 2. The lowest BCUT2D eigenvalue weighted by Crippen LogP contribution is -2.41. The standard InChI is InChI=1S/C27H51N3O6/c1-2-3-4-5-6-7-8-9-10-11-12-13-14-18-25(32)30-23(27(35)36)17-15-16-21(28)24(31)20-19-22(29)26(33)34/h21-23H,2-20,28-29H2,1H3,(H,30,32)(H,33,34)(H,35,36)/t21?,22-,23-/m0/s1. The van der Waals surface area contributed by atoms with Crippen LogP contribution in [0.25, 0.3) is 0 Å². The highest BCUT2D eigenvalue weighted by molar-refractivity contribution is 5.85. The molecule has 0 radical (unpaired) electrons. The number of carbonyl (C=O) groups is 4. The smallest absolute Gasteiger partial charge is 0.326 e. The molecule has 0 aromatic heterocycles. The van der Waals surface area contributed by atoms with Crippen molar-refractivity contribution in [3.8, 4) is 0 Å². The van der Waals surface area contributed by atoms with E-state index >= 15 is 0 Å². The van der Waals surface area contributed by atoms with Crippen LogP contribution in [0.1, 0.15) is 129 Å². The number of nitrogens with two attached hydrogens (primary N) is 2. The summed E-state index contributed by atoms with van der Waals surface area (Å²) < 4.78 is 0. The second-order valence-corrected chi connectivity index (χ2v) is 9.94. The van der Waals surface area contributed by atoms with Gasteiger partial charge in [0.05, 0.1) is 6.04 Å². The molecule has 0 saturated carbocycles. The van der Waals surface area contributed by atoms with Gasteiger partial charge in [0.1, 0.15) is 17.9 Å². The Bertz CT molecular complexity index is 629. The molecule has 0 spiro atoms. The Labute approximate surface area is 217 Å². The van der Waals surface area contributed by atoms with Gasteiger partial charge in [0.15, 0.2) is 0 Å². The van der Waals surface area contributed by atoms with Crippen molar-refractivity contribution in [1.82, 2.24) is 5.32 Å². The third-order valence-electron chi connectivity index (χ3n) is 6.58. The quantitative estimate of drug-likeness (QED) is 0.112. The Balaban J connectivity index is 3.89. The Hall–Kier alpha value is -2.00. The second kappa shape index (κ2) is 22.2. The first-order chi connectivity index (χ1) is 17.2. The summed E-state index contributed by atoms with van der Waals surface area (Å²) in [5.74, 6) is -2.85. The number of carbonyl (C=O) groups excluding carboxylic acids is 2. The average Bonchev–Trinajstić information content (AvgIpc) is 2.84. The number of ketones is 1. The monoisotopic (exact) mass is 513 g/mol. The third kappa shape index (κ3) is 19.2. The van der Waals surface area contributed by atoms with E-state index in [-0.39, 0.29) is 37.4 Å². The molecular weight excluding hydrogens is 462 g/mol. The summed E-state index contributed by atoms with van der Waals surface area (Å²) in [5.41, 5.74) is 11.2. The van der Waals surface area contributed by atoms with Gasteiger partial charge in [-0.2, -0.15) is 0 Å². The Morgan fingerprint density at radius 1 is 0.611 bits per heavy atom. The Morgan fingerprint density at radius 2 is 1.11 bits per heavy atom. The number of rotatable bonds is 25. The highest BCUT2D eigenvalue weighted by Crippen LogP contribution is 2.13. The number of carboxylic acid groups (broad SMARTS) is 2. The van der Waals surface area contributed by atoms with Crippen LogP contribution in [-0.2, 0) is 19.2 Å². The van der Waals surface area contributed by atoms with Crippen molar-refractivity contribution < 1.29 is 29.4 Å². The summed E-state index contributed by atoms with van der Waals surface area (Å²) in [6.45, 7) is 2.24. The first-order valence-electron chi connectivity index (χ1n) is 14.0. The molecule has 0 bridgehead atoms. The number of hydrogen-bond donors (Lipinski definition) is 5. The number of Topliss-reactive ketones (excluding diaryl/α,β-unsaturated/α-hetero) is 1. The zero-order valence-corrected chi connectivity index (χ0v) is 22.3. The molecule has 1 amide bonds. The molecule has 0 aliphatic heterocycles. The first-order valence-corrected chi connectivity index (χ1v) is 14.0. The Morgan fingerprint density at radius 3 is 1.58 bits per heavy atom. The molecule has 1 unspecified atom stereocenters. The summed E-state index contributed by atoms with van der Waals surface area (Å²) in [5, 5.41) is 20.7. The zero-order chi connectivity index (χ0) is 27.2. The van der Waals surface area contributed by atoms with E-state index < -0.39 is 30.1 Å². The molecule has 0 heterocycles. The molecule has 3 atom stereocenters. The number of unbranched alkanes of at least 4 members (excludes halogenated alkanes) is 12. The summed E-state index contributed by atoms with van der Waals surface area (Å²) in [4.78, 5) is 46.4. The van der Waals surface area contributed by atoms with Crippen molar-refractivity contribution in [2.45, 2.75) is 147 Å². The van der Waals surface area contributed by atoms with Gasteiger partial charge in [0.2, 0.25) is 5.91 Å². The van der Waals surface area contributed by atoms with Gasteiger partial charge in [0, 0.05) is 12.8 Å². The lowest BCUT2D eigenvalue weighted by atomic mass is 9.99. The van der Waals surface area contributed by atoms with Gasteiger partial charge in [0.25, 0.3) is 0 Å². The van der Waals surface area contributed by atoms with Crippen LogP contribution in [0.4, 0.5) is 0 Å². The van der Waals surface area contributed by atoms with E-state index in [4.69, 9.17) is 16.6 Å². The minimum Gasteiger partial charge on any atom is -0.480 e. The van der Waals surface area contributed by atoms with Crippen molar-refractivity contribution in [3.05, 3.63) is 0 Å². The number of amides is 1. The van der Waals surface area contributed by atoms with Gasteiger partial charge in [-0.1, -0.05) is 84.0 Å². The average molecular weight is 514 g/mol. The van der Waals surface area contributed by atoms with Crippen LogP contribution in [0.2, 0.25) is 0 Å². The van der Waals surface area contributed by atoms with E-state index in [2.05, 4.69) is 12.2 Å². The predicted molar refractivity (Wildman–Crippen MR) is 142 cm³/mol. The highest BCUT2D eigenvalue weighted by atomic mass is 16.4. The lowest BCUT2D eigenvalue weighted by Gasteiger charge is -2.16. The molecule has 36 heavy (non-hydrogen) atoms. The van der Waals surface area contributed by atoms with Crippen molar-refractivity contribution in [3.63, 3.8) is 0 Å². The summed E-state index contributed by atoms with van der Waals surface area (Å²) in [6.07, 6.45) is 16.9. The van der Waals surface area contributed by atoms with Gasteiger partial charge in [-0.15, -0.1) is 0 Å². The maximum absolute atomic E-state index is 12.2. The molecule has 0 aromatic rings. The van der Waals surface area contributed by atoms with Gasteiger partial charge in [-0.25, -0.2) is 4.79 Å². The number of hydrogen-bond acceptors (Lipinski definition) is 6. The van der Waals surface area contributed by atoms with Crippen LogP contribution in [0.15, 0.2) is 0 Å². The number of carboxylic acids is 2. The Kier molecular flexibility index (Phi) is 21.0. The lowest BCUT2D eigenvalue weighted by molar-refractivity contribution is -0.142. The SMILES string of the molecule is CCCCCCCCCCCCCCCC(=O)N[C@@H](CCCC(N)C(=O)CC[C@H](N)C(=O)O)C(=O)O. The van der Waals surface area contributed by atoms with E-state index in [1.807, 2.05) is 0 Å². The molecule has 9 nitrogen and oxygen atoms in total. The fourth-order valence-corrected chi connectivity index (χ4v) is 4.14. The fraction of sp³-hybridized carbons (Fsp3) is 0.852. The van der Waals surface area contributed by atoms with Crippen molar-refractivity contribution >= 4 is 23.6 Å². The maximum Gasteiger partial charge on any atom is 0.326 e. The molecule has 7 N–H and O–H groups in total. The van der Waals surface area contributed by atoms with Gasteiger partial charge in [-0.05, 0) is 32.1 Å². The fourth-order valence-electron chi connectivity index (χ4n) is 4.14. The van der Waals surface area contributed by atoms with Crippen LogP contribution < -0.4 is 16.8 Å². The second-order valence-electron chi connectivity index (χ2n) is 9.94. The zero-order valence-electron chi connectivity index (χ0n) is 22.3. The normalized spacial score (nSPS) is 13.6. The first kappa shape index (κ1) is 34.0. The van der Waals surface area contributed by atoms with Crippen molar-refractivity contribution in [2.24, 2.45) is 11.5 Å². The van der Waals surface area contributed by atoms with Crippen molar-refractivity contribution in [1.29, 1.82) is 0 Å². The van der Waals surface area contributed by atoms with E-state index in [0.717, 1.165) is 19.3 Å². The topological polar surface area (TPSA) is 173 Å². The van der Waals surface area contributed by atoms with E-state index in [9.17, 15) is 24.3 Å². The molecule has 210 valence electrons. The molecule has 0 saturated heterocycles. The largest absolute Gasteiger partial charge is 0.480 e. The summed E-state index contributed by atoms with van der Waals surface area (Å²) in [6, 6.07) is -2.92. The molecular formula is C27H51N3O6. The minimum atomic E-state index is -1.17. The molecule has 0 fully saturated rings. The summed E-state index contributed by atoms with van der Waals surface area (Å²) in [7, 11) is 0. The number of nitrogens with one attached hydrogen (secondary N) is 1. The van der Waals surface area contributed by atoms with Crippen LogP contribution in [0.5, 0.6) is 0 Å². The van der Waals surface area contributed by atoms with Gasteiger partial charge in [-0.3, -0.25) is 14.4 Å². The summed E-state index contributed by atoms with van der Waals surface area (Å²) >= 11 is 0. The molecule has 9 heteroatoms. The molecule has 0 rings (SSSR count). The third-order valence-corrected chi connectivity index (χ3v) is 6.58. The molecule has 0 aliphatic carbocycles. The van der Waals surface area contributed by atoms with Crippen LogP contribution in [0.3, 0.4) is 0 Å². The van der Waals surface area contributed by atoms with E-state index in [0.29, 0.717) is 12.8 Å². The predicted octanol–water partition coefficient (Wildman–Crippen LogP) is 4.30.